The van der Waals surface area contributed by atoms with Gasteiger partial charge in [0.05, 0.1) is 25.9 Å². The van der Waals surface area contributed by atoms with Gasteiger partial charge in [0.15, 0.2) is 0 Å². The van der Waals surface area contributed by atoms with E-state index < -0.39 is 7.26 Å². The molecule has 31 heavy (non-hydrogen) atoms. The molecule has 0 heterocycles. The van der Waals surface area contributed by atoms with E-state index in [1.807, 2.05) is 0 Å². The number of hydrogen-bond donors (Lipinski definition) is 2. The topological polar surface area (TPSA) is 50.4 Å². The van der Waals surface area contributed by atoms with E-state index >= 15 is 0 Å². The Kier molecular flexibility index (Phi) is 10.7. The Morgan fingerprint density at radius 3 is 1.65 bits per heavy atom. The van der Waals surface area contributed by atoms with Crippen LogP contribution in [0.25, 0.3) is 0 Å². The summed E-state index contributed by atoms with van der Waals surface area (Å²) < 4.78 is 5.97. The molecule has 0 aliphatic carbocycles. The van der Waals surface area contributed by atoms with E-state index in [1.165, 1.54) is 15.9 Å². The SMILES string of the molecule is CNCC(=O)NCCOCC[P+](c1ccccc1)(c1ccccc1)c1ccccc1.[Cl-]. The fourth-order valence-electron chi connectivity index (χ4n) is 3.67. The smallest absolute Gasteiger partial charge is 0.234 e. The van der Waals surface area contributed by atoms with Gasteiger partial charge >= 0.3 is 0 Å². The highest BCUT2D eigenvalue weighted by Gasteiger charge is 2.44. The molecule has 3 aromatic carbocycles. The van der Waals surface area contributed by atoms with Crippen LogP contribution < -0.4 is 39.0 Å². The van der Waals surface area contributed by atoms with Crippen LogP contribution in [0, 0.1) is 0 Å². The molecule has 0 spiro atoms. The monoisotopic (exact) mass is 456 g/mol. The van der Waals surface area contributed by atoms with E-state index in [9.17, 15) is 4.79 Å². The lowest BCUT2D eigenvalue weighted by molar-refractivity contribution is -0.120. The Morgan fingerprint density at radius 1 is 0.774 bits per heavy atom. The molecule has 0 radical (unpaired) electrons. The molecule has 0 bridgehead atoms. The number of carbonyl (C=O) groups excluding carboxylic acids is 1. The average molecular weight is 457 g/mol. The molecule has 1 amide bonds. The molecule has 0 aliphatic heterocycles. The summed E-state index contributed by atoms with van der Waals surface area (Å²) >= 11 is 0. The van der Waals surface area contributed by atoms with Crippen LogP contribution >= 0.6 is 7.26 Å². The second-order valence-electron chi connectivity index (χ2n) is 7.03. The summed E-state index contributed by atoms with van der Waals surface area (Å²) in [5.74, 6) is -0.0131. The van der Waals surface area contributed by atoms with Gasteiger partial charge in [-0.15, -0.1) is 0 Å². The average Bonchev–Trinajstić information content (AvgIpc) is 2.81. The van der Waals surface area contributed by atoms with E-state index in [0.29, 0.717) is 26.3 Å². The molecule has 0 unspecified atom stereocenters. The predicted octanol–water partition coefficient (Wildman–Crippen LogP) is -0.663. The first-order chi connectivity index (χ1) is 14.8. The van der Waals surface area contributed by atoms with Crippen molar-refractivity contribution in [3.63, 3.8) is 0 Å². The van der Waals surface area contributed by atoms with Crippen molar-refractivity contribution in [3.8, 4) is 0 Å². The summed E-state index contributed by atoms with van der Waals surface area (Å²) in [6.45, 7) is 1.99. The third kappa shape index (κ3) is 6.62. The fourth-order valence-corrected chi connectivity index (χ4v) is 7.79. The van der Waals surface area contributed by atoms with Gasteiger partial charge in [-0.05, 0) is 43.4 Å². The van der Waals surface area contributed by atoms with Gasteiger partial charge in [0.1, 0.15) is 23.2 Å². The summed E-state index contributed by atoms with van der Waals surface area (Å²) in [7, 11) is -0.0939. The Bertz CT molecular complexity index is 799. The first-order valence-electron chi connectivity index (χ1n) is 10.3. The van der Waals surface area contributed by atoms with Crippen molar-refractivity contribution in [3.05, 3.63) is 91.0 Å². The molecule has 3 rings (SSSR count). The van der Waals surface area contributed by atoms with Crippen molar-refractivity contribution >= 4 is 29.1 Å². The minimum absolute atomic E-state index is 0. The van der Waals surface area contributed by atoms with Crippen LogP contribution in [0.3, 0.4) is 0 Å². The van der Waals surface area contributed by atoms with E-state index in [0.717, 1.165) is 6.16 Å². The van der Waals surface area contributed by atoms with Gasteiger partial charge in [-0.1, -0.05) is 54.6 Å². The highest BCUT2D eigenvalue weighted by Crippen LogP contribution is 2.54. The Morgan fingerprint density at radius 2 is 1.23 bits per heavy atom. The lowest BCUT2D eigenvalue weighted by atomic mass is 10.4. The minimum Gasteiger partial charge on any atom is -1.00 e. The quantitative estimate of drug-likeness (QED) is 0.297. The normalized spacial score (nSPS) is 10.9. The van der Waals surface area contributed by atoms with Crippen molar-refractivity contribution in [2.45, 2.75) is 0 Å². The van der Waals surface area contributed by atoms with Crippen LogP contribution in [0.5, 0.6) is 0 Å². The van der Waals surface area contributed by atoms with E-state index in [4.69, 9.17) is 4.74 Å². The molecule has 164 valence electrons. The highest BCUT2D eigenvalue weighted by molar-refractivity contribution is 7.95. The lowest BCUT2D eigenvalue weighted by Crippen LogP contribution is -3.00. The van der Waals surface area contributed by atoms with Crippen LogP contribution in [0.2, 0.25) is 0 Å². The zero-order chi connectivity index (χ0) is 21.1. The number of carbonyl (C=O) groups is 1. The minimum atomic E-state index is -1.85. The molecular weight excluding hydrogens is 427 g/mol. The molecule has 0 saturated carbocycles. The van der Waals surface area contributed by atoms with Crippen LogP contribution in [0.1, 0.15) is 0 Å². The molecule has 0 saturated heterocycles. The maximum Gasteiger partial charge on any atom is 0.234 e. The molecule has 2 N–H and O–H groups in total. The summed E-state index contributed by atoms with van der Waals surface area (Å²) in [6.07, 6.45) is 0.912. The van der Waals surface area contributed by atoms with E-state index in [-0.39, 0.29) is 18.3 Å². The third-order valence-corrected chi connectivity index (χ3v) is 9.46. The highest BCUT2D eigenvalue weighted by atomic mass is 35.5. The number of hydrogen-bond acceptors (Lipinski definition) is 3. The lowest BCUT2D eigenvalue weighted by Gasteiger charge is -2.27. The number of halogens is 1. The molecule has 0 atom stereocenters. The summed E-state index contributed by atoms with van der Waals surface area (Å²) in [5, 5.41) is 9.77. The molecule has 6 heteroatoms. The van der Waals surface area contributed by atoms with Crippen molar-refractivity contribution in [2.75, 3.05) is 39.5 Å². The van der Waals surface area contributed by atoms with Crippen LogP contribution in [0.4, 0.5) is 0 Å². The van der Waals surface area contributed by atoms with E-state index in [2.05, 4.69) is 102 Å². The maximum atomic E-state index is 11.6. The van der Waals surface area contributed by atoms with Gasteiger partial charge < -0.3 is 27.8 Å². The largest absolute Gasteiger partial charge is 1.00 e. The first kappa shape index (κ1) is 25.0. The van der Waals surface area contributed by atoms with E-state index in [1.54, 1.807) is 7.05 Å². The van der Waals surface area contributed by atoms with Crippen LogP contribution in [-0.4, -0.2) is 45.4 Å². The number of rotatable bonds is 11. The zero-order valence-corrected chi connectivity index (χ0v) is 19.5. The fraction of sp³-hybridized carbons (Fsp3) is 0.240. The van der Waals surface area contributed by atoms with Gasteiger partial charge in [-0.3, -0.25) is 4.79 Å². The second-order valence-corrected chi connectivity index (χ2v) is 10.6. The number of benzene rings is 3. The molecular formula is C25H30ClN2O2P. The molecule has 0 aliphatic rings. The van der Waals surface area contributed by atoms with Crippen LogP contribution in [0.15, 0.2) is 91.0 Å². The predicted molar refractivity (Wildman–Crippen MR) is 128 cm³/mol. The Balaban J connectivity index is 0.00000341. The first-order valence-corrected chi connectivity index (χ1v) is 12.3. The number of likely N-dealkylation sites (N-methyl/N-ethyl adjacent to an activating group) is 1. The maximum absolute atomic E-state index is 11.6. The van der Waals surface area contributed by atoms with Crippen LogP contribution in [-0.2, 0) is 9.53 Å². The van der Waals surface area contributed by atoms with Crippen molar-refractivity contribution in [1.82, 2.24) is 10.6 Å². The van der Waals surface area contributed by atoms with Crippen molar-refractivity contribution in [2.24, 2.45) is 0 Å². The van der Waals surface area contributed by atoms with Gasteiger partial charge in [0.25, 0.3) is 0 Å². The van der Waals surface area contributed by atoms with Gasteiger partial charge in [0, 0.05) is 6.54 Å². The van der Waals surface area contributed by atoms with Gasteiger partial charge in [-0.25, -0.2) is 0 Å². The molecule has 0 aromatic heterocycles. The number of amides is 1. The van der Waals surface area contributed by atoms with Gasteiger partial charge in [0.2, 0.25) is 5.91 Å². The third-order valence-electron chi connectivity index (χ3n) is 5.07. The number of nitrogens with one attached hydrogen (secondary N) is 2. The molecule has 0 fully saturated rings. The Hall–Kier alpha value is -2.23. The van der Waals surface area contributed by atoms with Crippen molar-refractivity contribution in [1.29, 1.82) is 0 Å². The van der Waals surface area contributed by atoms with Gasteiger partial charge in [-0.2, -0.15) is 0 Å². The Labute approximate surface area is 192 Å². The summed E-state index contributed by atoms with van der Waals surface area (Å²) in [5.41, 5.74) is 0. The summed E-state index contributed by atoms with van der Waals surface area (Å²) in [4.78, 5) is 11.6. The zero-order valence-electron chi connectivity index (χ0n) is 17.8. The molecule has 3 aromatic rings. The molecule has 4 nitrogen and oxygen atoms in total. The standard InChI is InChI=1S/C25H29N2O2P.ClH/c1-26-21-25(28)27-17-18-29-19-20-30(22-11-5-2-6-12-22,23-13-7-3-8-14-23)24-15-9-4-10-16-24;/h2-16,26H,17-21H2,1H3;1H. The summed E-state index contributed by atoms with van der Waals surface area (Å²) in [6, 6.07) is 32.4. The number of ether oxygens (including phenoxy) is 1. The second kappa shape index (κ2) is 13.2. The van der Waals surface area contributed by atoms with Crippen molar-refractivity contribution < 1.29 is 21.9 Å².